The molecule has 2 aromatic carbocycles. The van der Waals surface area contributed by atoms with Gasteiger partial charge in [-0.05, 0) is 74.2 Å². The summed E-state index contributed by atoms with van der Waals surface area (Å²) in [5.41, 5.74) is 2.53. The fourth-order valence-electron chi connectivity index (χ4n) is 4.81. The summed E-state index contributed by atoms with van der Waals surface area (Å²) in [4.78, 5) is 17.6. The van der Waals surface area contributed by atoms with Gasteiger partial charge < -0.3 is 4.90 Å². The number of piperidine rings is 1. The van der Waals surface area contributed by atoms with E-state index in [-0.39, 0.29) is 11.9 Å². The summed E-state index contributed by atoms with van der Waals surface area (Å²) < 4.78 is 13.1. The number of carbonyl (C=O) groups is 1. The zero-order chi connectivity index (χ0) is 20.1. The second kappa shape index (κ2) is 9.53. The Morgan fingerprint density at radius 3 is 2.34 bits per heavy atom. The van der Waals surface area contributed by atoms with Gasteiger partial charge in [0, 0.05) is 19.6 Å². The SMILES string of the molecule is O=C([C@@H]1CCCN1CCc1ccccc1)N1CCC(Cc2ccc(F)cc2)CC1. The first-order chi connectivity index (χ1) is 14.2. The van der Waals surface area contributed by atoms with Crippen molar-refractivity contribution in [2.45, 2.75) is 44.6 Å². The van der Waals surface area contributed by atoms with Crippen LogP contribution >= 0.6 is 0 Å². The molecule has 0 radical (unpaired) electrons. The Labute approximate surface area is 173 Å². The lowest BCUT2D eigenvalue weighted by Gasteiger charge is -2.35. The van der Waals surface area contributed by atoms with Gasteiger partial charge in [-0.15, -0.1) is 0 Å². The number of nitrogens with zero attached hydrogens (tertiary/aromatic N) is 2. The van der Waals surface area contributed by atoms with Crippen molar-refractivity contribution in [3.63, 3.8) is 0 Å². The molecule has 0 unspecified atom stereocenters. The molecule has 0 saturated carbocycles. The second-order valence-electron chi connectivity index (χ2n) is 8.53. The third-order valence-corrected chi connectivity index (χ3v) is 6.54. The van der Waals surface area contributed by atoms with E-state index in [2.05, 4.69) is 34.1 Å². The first kappa shape index (κ1) is 20.1. The summed E-state index contributed by atoms with van der Waals surface area (Å²) in [6.07, 6.45) is 6.17. The van der Waals surface area contributed by atoms with Gasteiger partial charge in [0.1, 0.15) is 5.82 Å². The zero-order valence-corrected chi connectivity index (χ0v) is 17.1. The van der Waals surface area contributed by atoms with Gasteiger partial charge in [-0.25, -0.2) is 4.39 Å². The number of hydrogen-bond donors (Lipinski definition) is 0. The molecule has 4 rings (SSSR count). The molecule has 2 heterocycles. The molecule has 0 N–H and O–H groups in total. The van der Waals surface area contributed by atoms with Crippen molar-refractivity contribution in [1.29, 1.82) is 0 Å². The van der Waals surface area contributed by atoms with Crippen LogP contribution in [0.3, 0.4) is 0 Å². The van der Waals surface area contributed by atoms with Crippen LogP contribution in [0.25, 0.3) is 0 Å². The van der Waals surface area contributed by atoms with Crippen LogP contribution in [-0.4, -0.2) is 47.9 Å². The predicted octanol–water partition coefficient (Wildman–Crippen LogP) is 4.31. The Kier molecular flexibility index (Phi) is 6.60. The van der Waals surface area contributed by atoms with Crippen LogP contribution in [0.4, 0.5) is 4.39 Å². The molecule has 2 fully saturated rings. The largest absolute Gasteiger partial charge is 0.341 e. The molecule has 3 nitrogen and oxygen atoms in total. The lowest BCUT2D eigenvalue weighted by molar-refractivity contribution is -0.137. The van der Waals surface area contributed by atoms with E-state index < -0.39 is 0 Å². The van der Waals surface area contributed by atoms with Crippen LogP contribution in [0, 0.1) is 11.7 Å². The molecule has 29 heavy (non-hydrogen) atoms. The molecule has 0 bridgehead atoms. The van der Waals surface area contributed by atoms with E-state index in [0.717, 1.165) is 64.7 Å². The summed E-state index contributed by atoms with van der Waals surface area (Å²) in [5.74, 6) is 0.737. The molecule has 1 atom stereocenters. The standard InChI is InChI=1S/C25H31FN2O/c26-23-10-8-21(9-11-23)19-22-13-17-28(18-14-22)25(29)24-7-4-15-27(24)16-12-20-5-2-1-3-6-20/h1-3,5-6,8-11,22,24H,4,7,12-19H2/t24-/m0/s1. The van der Waals surface area contributed by atoms with Gasteiger partial charge in [0.15, 0.2) is 0 Å². The topological polar surface area (TPSA) is 23.6 Å². The summed E-state index contributed by atoms with van der Waals surface area (Å²) in [6.45, 7) is 3.70. The number of rotatable bonds is 6. The van der Waals surface area contributed by atoms with E-state index in [1.54, 1.807) is 0 Å². The molecule has 2 aliphatic rings. The molecule has 0 spiro atoms. The number of amides is 1. The van der Waals surface area contributed by atoms with Crippen molar-refractivity contribution in [2.75, 3.05) is 26.2 Å². The zero-order valence-electron chi connectivity index (χ0n) is 17.1. The maximum Gasteiger partial charge on any atom is 0.239 e. The molecule has 2 aliphatic heterocycles. The minimum absolute atomic E-state index is 0.0624. The monoisotopic (exact) mass is 394 g/mol. The van der Waals surface area contributed by atoms with Crippen molar-refractivity contribution in [1.82, 2.24) is 9.80 Å². The van der Waals surface area contributed by atoms with E-state index in [1.807, 2.05) is 18.2 Å². The number of likely N-dealkylation sites (tertiary alicyclic amines) is 2. The highest BCUT2D eigenvalue weighted by atomic mass is 19.1. The van der Waals surface area contributed by atoms with E-state index in [4.69, 9.17) is 0 Å². The van der Waals surface area contributed by atoms with Gasteiger partial charge in [-0.1, -0.05) is 42.5 Å². The Morgan fingerprint density at radius 1 is 0.897 bits per heavy atom. The van der Waals surface area contributed by atoms with Crippen LogP contribution in [-0.2, 0) is 17.6 Å². The summed E-state index contributed by atoms with van der Waals surface area (Å²) >= 11 is 0. The number of hydrogen-bond acceptors (Lipinski definition) is 2. The molecule has 154 valence electrons. The summed E-state index contributed by atoms with van der Waals surface area (Å²) in [7, 11) is 0. The molecular formula is C25H31FN2O. The minimum atomic E-state index is -0.178. The third kappa shape index (κ3) is 5.24. The van der Waals surface area contributed by atoms with E-state index >= 15 is 0 Å². The predicted molar refractivity (Wildman–Crippen MR) is 114 cm³/mol. The van der Waals surface area contributed by atoms with Gasteiger partial charge in [-0.3, -0.25) is 9.69 Å². The van der Waals surface area contributed by atoms with Crippen molar-refractivity contribution < 1.29 is 9.18 Å². The molecule has 2 saturated heterocycles. The maximum absolute atomic E-state index is 13.2. The Balaban J connectivity index is 1.26. The summed E-state index contributed by atoms with van der Waals surface area (Å²) in [5, 5.41) is 0. The van der Waals surface area contributed by atoms with Crippen LogP contribution in [0.2, 0.25) is 0 Å². The lowest BCUT2D eigenvalue weighted by atomic mass is 9.90. The minimum Gasteiger partial charge on any atom is -0.341 e. The summed E-state index contributed by atoms with van der Waals surface area (Å²) in [6, 6.07) is 17.5. The van der Waals surface area contributed by atoms with Gasteiger partial charge in [0.2, 0.25) is 5.91 Å². The maximum atomic E-state index is 13.2. The van der Waals surface area contributed by atoms with Crippen molar-refractivity contribution in [3.8, 4) is 0 Å². The highest BCUT2D eigenvalue weighted by Crippen LogP contribution is 2.25. The van der Waals surface area contributed by atoms with E-state index in [0.29, 0.717) is 11.8 Å². The fourth-order valence-corrected chi connectivity index (χ4v) is 4.81. The highest BCUT2D eigenvalue weighted by molar-refractivity contribution is 5.82. The molecule has 0 aliphatic carbocycles. The number of halogens is 1. The van der Waals surface area contributed by atoms with Crippen molar-refractivity contribution >= 4 is 5.91 Å². The first-order valence-corrected chi connectivity index (χ1v) is 11.0. The molecular weight excluding hydrogens is 363 g/mol. The molecule has 1 amide bonds. The number of carbonyl (C=O) groups excluding carboxylic acids is 1. The number of benzene rings is 2. The average Bonchev–Trinajstić information content (AvgIpc) is 3.23. The molecule has 4 heteroatoms. The van der Waals surface area contributed by atoms with Crippen molar-refractivity contribution in [3.05, 3.63) is 71.5 Å². The second-order valence-corrected chi connectivity index (χ2v) is 8.53. The van der Waals surface area contributed by atoms with Crippen LogP contribution in [0.1, 0.15) is 36.8 Å². The quantitative estimate of drug-likeness (QED) is 0.729. The Bertz CT molecular complexity index is 784. The van der Waals surface area contributed by atoms with Crippen LogP contribution in [0.15, 0.2) is 54.6 Å². The molecule has 2 aromatic rings. The van der Waals surface area contributed by atoms with Crippen LogP contribution < -0.4 is 0 Å². The van der Waals surface area contributed by atoms with Crippen LogP contribution in [0.5, 0.6) is 0 Å². The molecule has 0 aromatic heterocycles. The van der Waals surface area contributed by atoms with Gasteiger partial charge in [0.05, 0.1) is 6.04 Å². The smallest absolute Gasteiger partial charge is 0.239 e. The third-order valence-electron chi connectivity index (χ3n) is 6.54. The van der Waals surface area contributed by atoms with Gasteiger partial charge in [-0.2, -0.15) is 0 Å². The first-order valence-electron chi connectivity index (χ1n) is 11.0. The van der Waals surface area contributed by atoms with Crippen molar-refractivity contribution in [2.24, 2.45) is 5.92 Å². The Hall–Kier alpha value is -2.20. The Morgan fingerprint density at radius 2 is 1.62 bits per heavy atom. The van der Waals surface area contributed by atoms with E-state index in [9.17, 15) is 9.18 Å². The lowest BCUT2D eigenvalue weighted by Crippen LogP contribution is -2.49. The average molecular weight is 395 g/mol. The fraction of sp³-hybridized carbons (Fsp3) is 0.480. The van der Waals surface area contributed by atoms with E-state index in [1.165, 1.54) is 23.3 Å². The highest BCUT2D eigenvalue weighted by Gasteiger charge is 2.34. The normalized spacial score (nSPS) is 20.9. The van der Waals surface area contributed by atoms with Gasteiger partial charge in [0.25, 0.3) is 0 Å². The van der Waals surface area contributed by atoms with Gasteiger partial charge >= 0.3 is 0 Å².